The topological polar surface area (TPSA) is 145 Å². The molecule has 2 aromatic carbocycles. The lowest BCUT2D eigenvalue weighted by molar-refractivity contribution is -0.140. The second-order valence-electron chi connectivity index (χ2n) is 14.8. The van der Waals surface area contributed by atoms with Gasteiger partial charge in [0, 0.05) is 68.1 Å². The van der Waals surface area contributed by atoms with Crippen LogP contribution in [0, 0.1) is 0 Å². The van der Waals surface area contributed by atoms with Crippen LogP contribution >= 0.6 is 0 Å². The summed E-state index contributed by atoms with van der Waals surface area (Å²) in [4.78, 5) is 22.5. The Morgan fingerprint density at radius 2 is 1.44 bits per heavy atom. The molecule has 0 spiro atoms. The Hall–Kier alpha value is -4.56. The number of unbranched alkanes of at least 4 members (excludes halogenated alkanes) is 5. The van der Waals surface area contributed by atoms with Gasteiger partial charge in [0.2, 0.25) is 0 Å². The lowest BCUT2D eigenvalue weighted by Crippen LogP contribution is -2.46. The predicted molar refractivity (Wildman–Crippen MR) is 223 cm³/mol. The first kappa shape index (κ1) is 43.6. The molecule has 0 unspecified atom stereocenters. The fourth-order valence-corrected chi connectivity index (χ4v) is 6.82. The highest BCUT2D eigenvalue weighted by molar-refractivity contribution is 5.69. The zero-order chi connectivity index (χ0) is 40.0. The number of H-pyrrole nitrogens is 1. The molecular weight excluding hydrogens is 723 g/mol. The van der Waals surface area contributed by atoms with E-state index < -0.39 is 0 Å². The van der Waals surface area contributed by atoms with Gasteiger partial charge in [-0.15, -0.1) is 0 Å². The highest BCUT2D eigenvalue weighted by Gasteiger charge is 2.38. The van der Waals surface area contributed by atoms with Crippen LogP contribution in [0.4, 0.5) is 11.4 Å². The average Bonchev–Trinajstić information content (AvgIpc) is 3.75. The maximum Gasteiger partial charge on any atom is 0.305 e. The Morgan fingerprint density at radius 3 is 2.12 bits per heavy atom. The van der Waals surface area contributed by atoms with Crippen LogP contribution in [0.15, 0.2) is 73.1 Å². The van der Waals surface area contributed by atoms with E-state index in [4.69, 9.17) is 23.9 Å². The number of carbonyl (C=O) groups is 1. The van der Waals surface area contributed by atoms with Crippen molar-refractivity contribution in [1.82, 2.24) is 25.1 Å². The maximum atomic E-state index is 11.1. The summed E-state index contributed by atoms with van der Waals surface area (Å²) in [6, 6.07) is 20.9. The van der Waals surface area contributed by atoms with Crippen molar-refractivity contribution in [2.75, 3.05) is 84.1 Å². The number of nitrogens with one attached hydrogen (secondary N) is 3. The number of esters is 1. The number of rotatable bonds is 27. The second-order valence-corrected chi connectivity index (χ2v) is 14.8. The summed E-state index contributed by atoms with van der Waals surface area (Å²) in [6.45, 7) is 8.56. The van der Waals surface area contributed by atoms with Crippen molar-refractivity contribution >= 4 is 17.3 Å². The number of anilines is 2. The highest BCUT2D eigenvalue weighted by Crippen LogP contribution is 2.36. The lowest BCUT2D eigenvalue weighted by Gasteiger charge is -2.40. The summed E-state index contributed by atoms with van der Waals surface area (Å²) >= 11 is 0. The van der Waals surface area contributed by atoms with Gasteiger partial charge in [0.1, 0.15) is 5.75 Å². The van der Waals surface area contributed by atoms with Crippen molar-refractivity contribution in [3.05, 3.63) is 84.4 Å². The van der Waals surface area contributed by atoms with Crippen LogP contribution in [0.25, 0.3) is 11.4 Å². The largest absolute Gasteiger partial charge is 0.494 e. The summed E-state index contributed by atoms with van der Waals surface area (Å²) in [5.41, 5.74) is 3.86. The van der Waals surface area contributed by atoms with Crippen molar-refractivity contribution in [3.63, 3.8) is 0 Å². The van der Waals surface area contributed by atoms with Gasteiger partial charge < -0.3 is 39.2 Å². The first-order valence-corrected chi connectivity index (χ1v) is 20.6. The number of hydrogen-bond acceptors (Lipinski definition) is 12. The van der Waals surface area contributed by atoms with Gasteiger partial charge in [0.15, 0.2) is 11.6 Å². The summed E-state index contributed by atoms with van der Waals surface area (Å²) in [5.74, 6) is 2.28. The second kappa shape index (κ2) is 24.3. The number of likely N-dealkylation sites (tertiary alicyclic amines) is 1. The quantitative estimate of drug-likeness (QED) is 0.0401. The number of aromatic amines is 1. The number of ether oxygens (including phenoxy) is 5. The molecule has 57 heavy (non-hydrogen) atoms. The fraction of sp³-hybridized carbons (Fsp3) is 0.545. The summed E-state index contributed by atoms with van der Waals surface area (Å²) in [5, 5.41) is 15.4. The molecular formula is C44H63N7O6. The molecule has 0 radical (unpaired) electrons. The van der Waals surface area contributed by atoms with Gasteiger partial charge in [-0.1, -0.05) is 31.0 Å². The molecule has 4 aromatic rings. The molecule has 1 saturated heterocycles. The maximum absolute atomic E-state index is 11.1. The lowest BCUT2D eigenvalue weighted by atomic mass is 9.86. The molecule has 5 rings (SSSR count). The Bertz CT molecular complexity index is 1700. The molecule has 13 heteroatoms. The predicted octanol–water partition coefficient (Wildman–Crippen LogP) is 7.80. The molecule has 0 saturated carbocycles. The first-order valence-electron chi connectivity index (χ1n) is 20.6. The SMILES string of the molecule is COC(=O)CCCCCOCCOCCOCCCCCCOc1ccc([C@@H](C)Nc2cccc(NC3(c4nc(-c5ccncc5)n[nH]4)CCN(C)CC3)c2)cc1. The minimum atomic E-state index is -0.358. The highest BCUT2D eigenvalue weighted by atomic mass is 16.5. The molecule has 3 heterocycles. The summed E-state index contributed by atoms with van der Waals surface area (Å²) in [6.07, 6.45) is 12.8. The number of pyridine rings is 1. The molecule has 0 amide bonds. The van der Waals surface area contributed by atoms with Crippen molar-refractivity contribution in [2.24, 2.45) is 0 Å². The van der Waals surface area contributed by atoms with Crippen LogP contribution in [0.5, 0.6) is 5.75 Å². The molecule has 0 aliphatic carbocycles. The van der Waals surface area contributed by atoms with E-state index in [0.717, 1.165) is 106 Å². The number of piperidine rings is 1. The minimum absolute atomic E-state index is 0.110. The average molecular weight is 786 g/mol. The number of benzene rings is 2. The van der Waals surface area contributed by atoms with E-state index in [9.17, 15) is 4.79 Å². The Labute approximate surface area is 338 Å². The summed E-state index contributed by atoms with van der Waals surface area (Å²) in [7, 11) is 3.59. The van der Waals surface area contributed by atoms with Gasteiger partial charge in [-0.05, 0) is 107 Å². The van der Waals surface area contributed by atoms with E-state index >= 15 is 0 Å². The van der Waals surface area contributed by atoms with E-state index in [0.29, 0.717) is 51.9 Å². The Morgan fingerprint density at radius 1 is 0.807 bits per heavy atom. The zero-order valence-corrected chi connectivity index (χ0v) is 34.2. The summed E-state index contributed by atoms with van der Waals surface area (Å²) < 4.78 is 27.5. The minimum Gasteiger partial charge on any atom is -0.494 e. The third-order valence-electron chi connectivity index (χ3n) is 10.3. The van der Waals surface area contributed by atoms with Gasteiger partial charge in [-0.2, -0.15) is 5.10 Å². The molecule has 1 atom stereocenters. The van der Waals surface area contributed by atoms with Crippen LogP contribution in [-0.4, -0.2) is 105 Å². The number of carbonyl (C=O) groups excluding carboxylic acids is 1. The third-order valence-corrected chi connectivity index (χ3v) is 10.3. The van der Waals surface area contributed by atoms with E-state index in [1.807, 2.05) is 12.1 Å². The van der Waals surface area contributed by atoms with Crippen molar-refractivity contribution in [3.8, 4) is 17.1 Å². The van der Waals surface area contributed by atoms with E-state index in [-0.39, 0.29) is 17.6 Å². The molecule has 310 valence electrons. The monoisotopic (exact) mass is 785 g/mol. The standard InChI is InChI=1S/C44H63N7O6/c1-35(36-15-17-40(18-16-36)57-29-10-5-4-8-27-54-30-32-56-33-31-55-28-9-6-7-14-41(52)53-3)46-38-12-11-13-39(34-38)48-44(21-25-51(2)26-22-44)43-47-42(49-50-43)37-19-23-45-24-20-37/h11-13,15-20,23-24,34-35,46,48H,4-10,14,21-22,25-33H2,1-3H3,(H,47,49,50)/t35-/m1/s1. The smallest absolute Gasteiger partial charge is 0.305 e. The van der Waals surface area contributed by atoms with Crippen molar-refractivity contribution in [2.45, 2.75) is 82.7 Å². The molecule has 1 fully saturated rings. The van der Waals surface area contributed by atoms with Crippen LogP contribution in [0.2, 0.25) is 0 Å². The van der Waals surface area contributed by atoms with Crippen molar-refractivity contribution in [1.29, 1.82) is 0 Å². The normalized spacial score (nSPS) is 14.6. The van der Waals surface area contributed by atoms with Gasteiger partial charge in [-0.25, -0.2) is 4.98 Å². The molecule has 0 bridgehead atoms. The molecule has 13 nitrogen and oxygen atoms in total. The van der Waals surface area contributed by atoms with E-state index in [1.54, 1.807) is 12.4 Å². The molecule has 2 aromatic heterocycles. The Balaban J connectivity index is 0.934. The van der Waals surface area contributed by atoms with Crippen LogP contribution in [0.1, 0.15) is 88.6 Å². The number of aromatic nitrogens is 4. The molecule has 1 aliphatic heterocycles. The third kappa shape index (κ3) is 15.0. The van der Waals surface area contributed by atoms with Crippen LogP contribution in [-0.2, 0) is 29.3 Å². The van der Waals surface area contributed by atoms with Gasteiger partial charge in [-0.3, -0.25) is 14.9 Å². The van der Waals surface area contributed by atoms with Gasteiger partial charge >= 0.3 is 5.97 Å². The van der Waals surface area contributed by atoms with Crippen LogP contribution in [0.3, 0.4) is 0 Å². The van der Waals surface area contributed by atoms with Gasteiger partial charge in [0.05, 0.1) is 45.7 Å². The number of hydrogen-bond donors (Lipinski definition) is 3. The van der Waals surface area contributed by atoms with Crippen LogP contribution < -0.4 is 15.4 Å². The number of methoxy groups -OCH3 is 1. The number of nitrogens with zero attached hydrogens (tertiary/aromatic N) is 4. The Kier molecular flexibility index (Phi) is 18.5. The zero-order valence-electron chi connectivity index (χ0n) is 34.2. The van der Waals surface area contributed by atoms with Gasteiger partial charge in [0.25, 0.3) is 0 Å². The van der Waals surface area contributed by atoms with Crippen molar-refractivity contribution < 1.29 is 28.5 Å². The first-order chi connectivity index (χ1) is 27.9. The molecule has 1 aliphatic rings. The molecule has 3 N–H and O–H groups in total. The van der Waals surface area contributed by atoms with E-state index in [1.165, 1.54) is 12.7 Å². The fourth-order valence-electron chi connectivity index (χ4n) is 6.82. The van der Waals surface area contributed by atoms with E-state index in [2.05, 4.69) is 98.0 Å².